The smallest absolute Gasteiger partial charge is 0.269 e. The zero-order chi connectivity index (χ0) is 13.5. The van der Waals surface area contributed by atoms with Gasteiger partial charge in [0, 0.05) is 7.05 Å². The maximum absolute atomic E-state index is 12.2. The van der Waals surface area contributed by atoms with Crippen molar-refractivity contribution in [3.05, 3.63) is 28.2 Å². The molecule has 1 amide bonds. The molecule has 1 unspecified atom stereocenters. The van der Waals surface area contributed by atoms with Gasteiger partial charge in [-0.05, 0) is 40.5 Å². The number of benzene rings is 1. The Bertz CT molecular complexity index is 545. The molecule has 96 valence electrons. The van der Waals surface area contributed by atoms with Gasteiger partial charge in [-0.1, -0.05) is 22.0 Å². The Kier molecular flexibility index (Phi) is 3.51. The van der Waals surface area contributed by atoms with Crippen molar-refractivity contribution in [2.75, 3.05) is 14.2 Å². The first-order valence-corrected chi connectivity index (χ1v) is 6.86. The van der Waals surface area contributed by atoms with Crippen LogP contribution in [0.15, 0.2) is 27.8 Å². The number of halogens is 2. The minimum absolute atomic E-state index is 0.0999. The predicted molar refractivity (Wildman–Crippen MR) is 77.2 cm³/mol. The van der Waals surface area contributed by atoms with E-state index in [1.165, 1.54) is 5.01 Å². The van der Waals surface area contributed by atoms with Crippen molar-refractivity contribution < 1.29 is 9.53 Å². The SMILES string of the molecule is COc1ccc(C2(Br)C(=O)N(C)N=C2C)cc1Br. The standard InChI is InChI=1S/C12H12Br2N2O2/c1-7-12(14,11(17)16(2)15-7)8-4-5-10(18-3)9(13)6-8/h4-6H,1-3H3. The number of nitrogens with zero attached hydrogens (tertiary/aromatic N) is 2. The van der Waals surface area contributed by atoms with Gasteiger partial charge in [0.25, 0.3) is 5.91 Å². The van der Waals surface area contributed by atoms with E-state index >= 15 is 0 Å². The van der Waals surface area contributed by atoms with Gasteiger partial charge < -0.3 is 4.74 Å². The summed E-state index contributed by atoms with van der Waals surface area (Å²) >= 11 is 6.95. The molecule has 1 aromatic rings. The second-order valence-electron chi connectivity index (χ2n) is 4.02. The molecular weight excluding hydrogens is 364 g/mol. The Balaban J connectivity index is 2.52. The number of hydrogen-bond acceptors (Lipinski definition) is 3. The average Bonchev–Trinajstić information content (AvgIpc) is 2.54. The maximum Gasteiger partial charge on any atom is 0.269 e. The normalized spacial score (nSPS) is 23.3. The molecule has 6 heteroatoms. The molecule has 1 aliphatic rings. The van der Waals surface area contributed by atoms with Crippen molar-refractivity contribution in [2.45, 2.75) is 11.2 Å². The molecule has 4 nitrogen and oxygen atoms in total. The molecule has 18 heavy (non-hydrogen) atoms. The van der Waals surface area contributed by atoms with Crippen LogP contribution in [0.3, 0.4) is 0 Å². The molecule has 1 atom stereocenters. The molecule has 0 radical (unpaired) electrons. The number of methoxy groups -OCH3 is 1. The van der Waals surface area contributed by atoms with Crippen LogP contribution in [-0.2, 0) is 9.12 Å². The van der Waals surface area contributed by atoms with Crippen LogP contribution in [0.4, 0.5) is 0 Å². The van der Waals surface area contributed by atoms with Crippen LogP contribution in [0.1, 0.15) is 12.5 Å². The third kappa shape index (κ3) is 1.87. The maximum atomic E-state index is 12.2. The van der Waals surface area contributed by atoms with Gasteiger partial charge in [-0.15, -0.1) is 0 Å². The van der Waals surface area contributed by atoms with Gasteiger partial charge in [0.1, 0.15) is 5.75 Å². The van der Waals surface area contributed by atoms with Gasteiger partial charge >= 0.3 is 0 Å². The van der Waals surface area contributed by atoms with Crippen molar-refractivity contribution in [1.29, 1.82) is 0 Å². The fourth-order valence-electron chi connectivity index (χ4n) is 1.93. The van der Waals surface area contributed by atoms with E-state index in [0.29, 0.717) is 5.71 Å². The van der Waals surface area contributed by atoms with Crippen LogP contribution >= 0.6 is 31.9 Å². The molecular formula is C12H12Br2N2O2. The van der Waals surface area contributed by atoms with Crippen molar-refractivity contribution in [1.82, 2.24) is 5.01 Å². The Hall–Kier alpha value is -0.880. The number of alkyl halides is 1. The number of carbonyl (C=O) groups excluding carboxylic acids is 1. The number of rotatable bonds is 2. The van der Waals surface area contributed by atoms with Crippen LogP contribution in [0.2, 0.25) is 0 Å². The first-order valence-electron chi connectivity index (χ1n) is 5.28. The third-order valence-electron chi connectivity index (χ3n) is 2.94. The Morgan fingerprint density at radius 3 is 2.56 bits per heavy atom. The summed E-state index contributed by atoms with van der Waals surface area (Å²) in [6, 6.07) is 5.54. The second kappa shape index (κ2) is 4.66. The number of likely N-dealkylation sites (N-methyl/N-ethyl adjacent to an activating group) is 1. The number of hydrogen-bond donors (Lipinski definition) is 0. The summed E-state index contributed by atoms with van der Waals surface area (Å²) < 4.78 is 5.11. The molecule has 2 rings (SSSR count). The quantitative estimate of drug-likeness (QED) is 0.746. The van der Waals surface area contributed by atoms with E-state index in [4.69, 9.17) is 4.74 Å². The molecule has 0 spiro atoms. The predicted octanol–water partition coefficient (Wildman–Crippen LogP) is 2.90. The van der Waals surface area contributed by atoms with Gasteiger partial charge in [0.05, 0.1) is 17.3 Å². The molecule has 0 fully saturated rings. The van der Waals surface area contributed by atoms with E-state index in [2.05, 4.69) is 37.0 Å². The molecule has 0 saturated heterocycles. The van der Waals surface area contributed by atoms with Gasteiger partial charge in [-0.3, -0.25) is 4.79 Å². The van der Waals surface area contributed by atoms with Crippen LogP contribution in [0.25, 0.3) is 0 Å². The van der Waals surface area contributed by atoms with E-state index in [-0.39, 0.29) is 5.91 Å². The Morgan fingerprint density at radius 2 is 2.11 bits per heavy atom. The van der Waals surface area contributed by atoms with E-state index in [1.807, 2.05) is 25.1 Å². The second-order valence-corrected chi connectivity index (χ2v) is 6.07. The molecule has 1 aliphatic heterocycles. The highest BCUT2D eigenvalue weighted by atomic mass is 79.9. The molecule has 0 aromatic heterocycles. The topological polar surface area (TPSA) is 41.9 Å². The van der Waals surface area contributed by atoms with Crippen molar-refractivity contribution >= 4 is 43.5 Å². The average molecular weight is 376 g/mol. The largest absolute Gasteiger partial charge is 0.496 e. The van der Waals surface area contributed by atoms with Crippen LogP contribution < -0.4 is 4.74 Å². The summed E-state index contributed by atoms with van der Waals surface area (Å²) in [6.07, 6.45) is 0. The molecule has 1 aromatic carbocycles. The van der Waals surface area contributed by atoms with Gasteiger partial charge in [0.2, 0.25) is 0 Å². The zero-order valence-electron chi connectivity index (χ0n) is 10.2. The van der Waals surface area contributed by atoms with E-state index in [1.54, 1.807) is 14.2 Å². The summed E-state index contributed by atoms with van der Waals surface area (Å²) in [7, 11) is 3.25. The first kappa shape index (κ1) is 13.5. The van der Waals surface area contributed by atoms with Crippen LogP contribution in [0, 0.1) is 0 Å². The summed E-state index contributed by atoms with van der Waals surface area (Å²) in [5, 5.41) is 5.53. The third-order valence-corrected chi connectivity index (χ3v) is 4.93. The lowest BCUT2D eigenvalue weighted by Gasteiger charge is -2.21. The molecule has 0 bridgehead atoms. The lowest BCUT2D eigenvalue weighted by molar-refractivity contribution is -0.129. The van der Waals surface area contributed by atoms with Crippen LogP contribution in [0.5, 0.6) is 5.75 Å². The highest BCUT2D eigenvalue weighted by Gasteiger charge is 2.47. The van der Waals surface area contributed by atoms with E-state index in [9.17, 15) is 4.79 Å². The summed E-state index contributed by atoms with van der Waals surface area (Å²) in [4.78, 5) is 12.2. The Morgan fingerprint density at radius 1 is 1.44 bits per heavy atom. The summed E-state index contributed by atoms with van der Waals surface area (Å²) in [6.45, 7) is 1.83. The highest BCUT2D eigenvalue weighted by molar-refractivity contribution is 9.10. The zero-order valence-corrected chi connectivity index (χ0v) is 13.4. The minimum Gasteiger partial charge on any atom is -0.496 e. The van der Waals surface area contributed by atoms with Gasteiger partial charge in [0.15, 0.2) is 4.32 Å². The lowest BCUT2D eigenvalue weighted by Crippen LogP contribution is -2.36. The lowest BCUT2D eigenvalue weighted by atomic mass is 9.94. The fourth-order valence-corrected chi connectivity index (χ4v) is 3.05. The molecule has 0 N–H and O–H groups in total. The minimum atomic E-state index is -0.878. The summed E-state index contributed by atoms with van der Waals surface area (Å²) in [5.41, 5.74) is 1.54. The first-order chi connectivity index (χ1) is 8.41. The number of hydrazone groups is 1. The molecule has 1 heterocycles. The Labute approximate surface area is 122 Å². The monoisotopic (exact) mass is 374 g/mol. The summed E-state index contributed by atoms with van der Waals surface area (Å²) in [5.74, 6) is 0.625. The number of carbonyl (C=O) groups is 1. The van der Waals surface area contributed by atoms with Crippen LogP contribution in [-0.4, -0.2) is 30.8 Å². The number of ether oxygens (including phenoxy) is 1. The highest BCUT2D eigenvalue weighted by Crippen LogP contribution is 2.41. The van der Waals surface area contributed by atoms with Gasteiger partial charge in [-0.25, -0.2) is 5.01 Å². The van der Waals surface area contributed by atoms with Crippen molar-refractivity contribution in [2.24, 2.45) is 5.10 Å². The fraction of sp³-hybridized carbons (Fsp3) is 0.333. The molecule has 0 saturated carbocycles. The van der Waals surface area contributed by atoms with E-state index < -0.39 is 4.32 Å². The molecule has 0 aliphatic carbocycles. The van der Waals surface area contributed by atoms with Crippen molar-refractivity contribution in [3.63, 3.8) is 0 Å². The van der Waals surface area contributed by atoms with Crippen molar-refractivity contribution in [3.8, 4) is 5.75 Å². The van der Waals surface area contributed by atoms with E-state index in [0.717, 1.165) is 15.8 Å². The number of amides is 1. The van der Waals surface area contributed by atoms with Gasteiger partial charge in [-0.2, -0.15) is 5.10 Å².